The largest absolute Gasteiger partial charge is 0.354 e. The Kier molecular flexibility index (Phi) is 10.3. The monoisotopic (exact) mass is 890 g/mol. The summed E-state index contributed by atoms with van der Waals surface area (Å²) in [5.41, 5.74) is 11.8. The second-order valence-corrected chi connectivity index (χ2v) is 16.7. The Labute approximate surface area is 362 Å². The maximum absolute atomic E-state index is 6.98. The number of hydrogen-bond donors (Lipinski definition) is 2. The predicted octanol–water partition coefficient (Wildman–Crippen LogP) is 15.8. The van der Waals surface area contributed by atoms with Gasteiger partial charge in [-0.05, 0) is 98.5 Å². The number of halogens is 8. The summed E-state index contributed by atoms with van der Waals surface area (Å²) in [6, 6.07) is 29.9. The lowest BCUT2D eigenvalue weighted by Gasteiger charge is -2.11. The molecule has 0 radical (unpaired) electrons. The third-order valence-corrected chi connectivity index (χ3v) is 12.7. The van der Waals surface area contributed by atoms with Crippen molar-refractivity contribution in [1.29, 1.82) is 0 Å². The van der Waals surface area contributed by atoms with Gasteiger partial charge in [-0.3, -0.25) is 9.97 Å². The van der Waals surface area contributed by atoms with E-state index in [1.807, 2.05) is 97.1 Å². The number of fused-ring (bicyclic) bond motifs is 8. The molecule has 5 heterocycles. The molecule has 7 aromatic rings. The van der Waals surface area contributed by atoms with Crippen LogP contribution in [0, 0.1) is 0 Å². The number of benzene rings is 4. The summed E-state index contributed by atoms with van der Waals surface area (Å²) in [7, 11) is 0. The van der Waals surface area contributed by atoms with E-state index < -0.39 is 0 Å². The number of H-pyrrole nitrogens is 2. The number of nitrogens with one attached hydrogen (secondary N) is 2. The fraction of sp³-hybridized carbons (Fsp3) is 0.0909. The molecule has 3 aromatic heterocycles. The quantitative estimate of drug-likeness (QED) is 0.185. The van der Waals surface area contributed by atoms with E-state index in [1.54, 1.807) is 0 Å². The fourth-order valence-electron chi connectivity index (χ4n) is 7.80. The maximum Gasteiger partial charge on any atom is 0.0511 e. The number of nitrogens with zero attached hydrogens (tertiary/aromatic N) is 2. The molecule has 9 rings (SSSR count). The van der Waals surface area contributed by atoms with Gasteiger partial charge in [0.15, 0.2) is 0 Å². The first-order chi connectivity index (χ1) is 27.1. The Morgan fingerprint density at radius 3 is 0.679 bits per heavy atom. The van der Waals surface area contributed by atoms with Crippen molar-refractivity contribution >= 4 is 115 Å². The first kappa shape index (κ1) is 37.9. The van der Waals surface area contributed by atoms with Crippen molar-refractivity contribution in [1.82, 2.24) is 19.9 Å². The molecule has 0 fully saturated rings. The molecular formula is C44H26Cl8N4. The van der Waals surface area contributed by atoms with Gasteiger partial charge in [-0.15, -0.1) is 0 Å². The molecule has 2 aliphatic rings. The van der Waals surface area contributed by atoms with Gasteiger partial charge in [0.1, 0.15) is 0 Å². The van der Waals surface area contributed by atoms with E-state index in [0.29, 0.717) is 88.1 Å². The summed E-state index contributed by atoms with van der Waals surface area (Å²) < 4.78 is 0. The lowest BCUT2D eigenvalue weighted by Crippen LogP contribution is -1.92. The zero-order valence-corrected chi connectivity index (χ0v) is 35.0. The minimum absolute atomic E-state index is 0.487. The molecule has 8 bridgehead atoms. The molecule has 0 saturated carbocycles. The van der Waals surface area contributed by atoms with Crippen LogP contribution in [0.5, 0.6) is 0 Å². The fourth-order valence-corrected chi connectivity index (χ4v) is 10.2. The third kappa shape index (κ3) is 6.59. The molecule has 0 amide bonds. The van der Waals surface area contributed by atoms with E-state index in [9.17, 15) is 0 Å². The van der Waals surface area contributed by atoms with Crippen molar-refractivity contribution in [2.45, 2.75) is 25.7 Å². The predicted molar refractivity (Wildman–Crippen MR) is 238 cm³/mol. The molecule has 0 saturated heterocycles. The lowest BCUT2D eigenvalue weighted by molar-refractivity contribution is 1.03. The van der Waals surface area contributed by atoms with Crippen molar-refractivity contribution < 1.29 is 0 Å². The van der Waals surface area contributed by atoms with Crippen LogP contribution in [0.1, 0.15) is 22.8 Å². The van der Waals surface area contributed by atoms with E-state index in [1.165, 1.54) is 0 Å². The smallest absolute Gasteiger partial charge is 0.0511 e. The van der Waals surface area contributed by atoms with E-state index in [0.717, 1.165) is 67.1 Å². The minimum Gasteiger partial charge on any atom is -0.354 e. The Morgan fingerprint density at radius 2 is 0.482 bits per heavy atom. The summed E-state index contributed by atoms with van der Waals surface area (Å²) >= 11 is 55.8. The first-order valence-corrected chi connectivity index (χ1v) is 20.6. The highest BCUT2D eigenvalue weighted by Crippen LogP contribution is 2.46. The molecule has 2 N–H and O–H groups in total. The van der Waals surface area contributed by atoms with Gasteiger partial charge in [-0.1, -0.05) is 117 Å². The van der Waals surface area contributed by atoms with Crippen molar-refractivity contribution in [2.24, 2.45) is 0 Å². The van der Waals surface area contributed by atoms with Gasteiger partial charge in [-0.2, -0.15) is 0 Å². The van der Waals surface area contributed by atoms with Crippen LogP contribution in [0.2, 0.25) is 40.2 Å². The second kappa shape index (κ2) is 15.2. The van der Waals surface area contributed by atoms with Gasteiger partial charge in [0.25, 0.3) is 0 Å². The zero-order valence-electron chi connectivity index (χ0n) is 29.0. The molecule has 278 valence electrons. The van der Waals surface area contributed by atoms with Crippen LogP contribution in [0.3, 0.4) is 0 Å². The highest BCUT2D eigenvalue weighted by atomic mass is 35.5. The van der Waals surface area contributed by atoms with Crippen LogP contribution in [0.15, 0.2) is 97.1 Å². The number of hydrogen-bond acceptors (Lipinski definition) is 2. The minimum atomic E-state index is 0.487. The molecule has 2 aliphatic heterocycles. The molecule has 0 unspecified atom stereocenters. The average molecular weight is 894 g/mol. The van der Waals surface area contributed by atoms with Crippen molar-refractivity contribution in [3.8, 4) is 44.5 Å². The highest BCUT2D eigenvalue weighted by molar-refractivity contribution is 6.42. The van der Waals surface area contributed by atoms with Crippen LogP contribution >= 0.6 is 92.8 Å². The zero-order chi connectivity index (χ0) is 38.8. The molecule has 56 heavy (non-hydrogen) atoms. The SMILES string of the molecule is Clc1cccc(Cl)c1-c1c2nc(c(-c3c(Cl)cccc3Cl)c3ccc([nH]3)c(-c3c(Cl)cccc3Cl)c3nc(c(-c4c(Cl)cccc4Cl)c4ccc1[nH]4)CC3)CC2. The standard InChI is InChI=1S/C44H26Cl8N4/c45-21-5-1-6-22(46)37(21)41-29-13-15-31(53-29)42(38-23(47)7-2-8-24(38)48)33-17-19-35(55-33)44(40-27(51)11-4-12-28(40)52)36-20-18-34(56-36)43(32-16-14-30(41)54-32)39-25(49)9-3-10-26(39)50/h1-13,15,18,20,53,56H,14,16-17,19H2. The summed E-state index contributed by atoms with van der Waals surface area (Å²) in [6.45, 7) is 0. The van der Waals surface area contributed by atoms with Crippen molar-refractivity contribution in [2.75, 3.05) is 0 Å². The molecule has 0 aliphatic carbocycles. The number of aromatic nitrogens is 4. The Balaban J connectivity index is 1.54. The summed E-state index contributed by atoms with van der Waals surface area (Å²) in [5.74, 6) is 0. The number of aromatic amines is 2. The molecular weight excluding hydrogens is 868 g/mol. The van der Waals surface area contributed by atoms with Gasteiger partial charge in [0.2, 0.25) is 0 Å². The van der Waals surface area contributed by atoms with E-state index in [2.05, 4.69) is 9.97 Å². The van der Waals surface area contributed by atoms with Gasteiger partial charge in [0, 0.05) is 66.6 Å². The van der Waals surface area contributed by atoms with E-state index >= 15 is 0 Å². The van der Waals surface area contributed by atoms with E-state index in [4.69, 9.17) is 103 Å². The topological polar surface area (TPSA) is 57.4 Å². The highest BCUT2D eigenvalue weighted by Gasteiger charge is 2.26. The summed E-state index contributed by atoms with van der Waals surface area (Å²) in [6.07, 6.45) is 2.29. The number of aryl methyl sites for hydroxylation is 4. The normalized spacial score (nSPS) is 12.7. The Bertz CT molecular complexity index is 2460. The van der Waals surface area contributed by atoms with Crippen LogP contribution in [0.4, 0.5) is 0 Å². The maximum atomic E-state index is 6.98. The first-order valence-electron chi connectivity index (χ1n) is 17.6. The van der Waals surface area contributed by atoms with Crippen molar-refractivity contribution in [3.05, 3.63) is 160 Å². The van der Waals surface area contributed by atoms with Gasteiger partial charge in [-0.25, -0.2) is 0 Å². The Hall–Kier alpha value is -3.68. The molecule has 0 spiro atoms. The lowest BCUT2D eigenvalue weighted by atomic mass is 10.00. The van der Waals surface area contributed by atoms with Crippen LogP contribution in [0.25, 0.3) is 66.6 Å². The van der Waals surface area contributed by atoms with E-state index in [-0.39, 0.29) is 0 Å². The van der Waals surface area contributed by atoms with Gasteiger partial charge < -0.3 is 9.97 Å². The summed E-state index contributed by atoms with van der Waals surface area (Å²) in [5, 5.41) is 3.89. The van der Waals surface area contributed by atoms with Gasteiger partial charge >= 0.3 is 0 Å². The van der Waals surface area contributed by atoms with Crippen LogP contribution in [-0.2, 0) is 25.7 Å². The molecule has 4 aromatic carbocycles. The molecule has 4 nitrogen and oxygen atoms in total. The van der Waals surface area contributed by atoms with Crippen LogP contribution < -0.4 is 0 Å². The van der Waals surface area contributed by atoms with Crippen molar-refractivity contribution in [3.63, 3.8) is 0 Å². The molecule has 12 heteroatoms. The second-order valence-electron chi connectivity index (χ2n) is 13.5. The number of rotatable bonds is 4. The van der Waals surface area contributed by atoms with Gasteiger partial charge in [0.05, 0.1) is 63.0 Å². The summed E-state index contributed by atoms with van der Waals surface area (Å²) in [4.78, 5) is 18.1. The Morgan fingerprint density at radius 1 is 0.286 bits per heavy atom. The molecule has 0 atom stereocenters. The average Bonchev–Trinajstić information content (AvgIpc) is 4.00. The third-order valence-electron chi connectivity index (χ3n) is 10.2. The van der Waals surface area contributed by atoms with Crippen LogP contribution in [-0.4, -0.2) is 19.9 Å².